The Hall–Kier alpha value is -1.42. The zero-order valence-corrected chi connectivity index (χ0v) is 13.5. The number of pyridine rings is 1. The molecule has 0 aliphatic heterocycles. The number of hydrogen-bond acceptors (Lipinski definition) is 3. The van der Waals surface area contributed by atoms with E-state index >= 15 is 0 Å². The van der Waals surface area contributed by atoms with E-state index in [-0.39, 0.29) is 0 Å². The molecule has 0 spiro atoms. The Bertz CT molecular complexity index is 609. The fourth-order valence-corrected chi connectivity index (χ4v) is 3.55. The Labute approximate surface area is 127 Å². The SMILES string of the molecule is Cc1nn(C)c2ncc(CN(C)C3CCCCCC3)cc12. The molecule has 0 unspecified atom stereocenters. The molecule has 21 heavy (non-hydrogen) atoms. The summed E-state index contributed by atoms with van der Waals surface area (Å²) < 4.78 is 1.86. The fourth-order valence-electron chi connectivity index (χ4n) is 3.55. The van der Waals surface area contributed by atoms with Gasteiger partial charge in [0.05, 0.1) is 5.69 Å². The van der Waals surface area contributed by atoms with Crippen molar-refractivity contribution in [3.8, 4) is 0 Å². The van der Waals surface area contributed by atoms with Crippen LogP contribution in [0, 0.1) is 6.92 Å². The molecule has 0 N–H and O–H groups in total. The zero-order chi connectivity index (χ0) is 14.8. The second-order valence-electron chi connectivity index (χ2n) is 6.48. The minimum Gasteiger partial charge on any atom is -0.299 e. The molecule has 3 rings (SSSR count). The van der Waals surface area contributed by atoms with Crippen LogP contribution in [-0.2, 0) is 13.6 Å². The Kier molecular flexibility index (Phi) is 4.24. The maximum Gasteiger partial charge on any atom is 0.157 e. The molecule has 2 aromatic heterocycles. The van der Waals surface area contributed by atoms with E-state index in [0.29, 0.717) is 0 Å². The normalized spacial score (nSPS) is 17.5. The quantitative estimate of drug-likeness (QED) is 0.811. The van der Waals surface area contributed by atoms with Gasteiger partial charge in [0.25, 0.3) is 0 Å². The summed E-state index contributed by atoms with van der Waals surface area (Å²) in [5, 5.41) is 5.64. The van der Waals surface area contributed by atoms with Crippen LogP contribution in [0.25, 0.3) is 11.0 Å². The van der Waals surface area contributed by atoms with Gasteiger partial charge in [-0.25, -0.2) is 4.98 Å². The summed E-state index contributed by atoms with van der Waals surface area (Å²) in [5.74, 6) is 0. The predicted octanol–water partition coefficient (Wildman–Crippen LogP) is 3.43. The van der Waals surface area contributed by atoms with E-state index in [2.05, 4.69) is 35.0 Å². The van der Waals surface area contributed by atoms with Gasteiger partial charge in [-0.05, 0) is 38.4 Å². The molecule has 0 amide bonds. The summed E-state index contributed by atoms with van der Waals surface area (Å²) in [6, 6.07) is 3.00. The topological polar surface area (TPSA) is 34.0 Å². The van der Waals surface area contributed by atoms with Gasteiger partial charge >= 0.3 is 0 Å². The second kappa shape index (κ2) is 6.14. The molecular weight excluding hydrogens is 260 g/mol. The molecular formula is C17H26N4. The summed E-state index contributed by atoms with van der Waals surface area (Å²) in [6.07, 6.45) is 10.3. The first-order valence-electron chi connectivity index (χ1n) is 8.13. The van der Waals surface area contributed by atoms with E-state index in [4.69, 9.17) is 0 Å². The number of fused-ring (bicyclic) bond motifs is 1. The molecule has 1 aliphatic rings. The van der Waals surface area contributed by atoms with Crippen molar-refractivity contribution in [2.24, 2.45) is 7.05 Å². The van der Waals surface area contributed by atoms with Crippen molar-refractivity contribution in [2.45, 2.75) is 58.0 Å². The summed E-state index contributed by atoms with van der Waals surface area (Å²) in [4.78, 5) is 7.11. The lowest BCUT2D eigenvalue weighted by Crippen LogP contribution is -2.30. The van der Waals surface area contributed by atoms with E-state index in [0.717, 1.165) is 23.9 Å². The predicted molar refractivity (Wildman–Crippen MR) is 86.2 cm³/mol. The molecule has 4 heteroatoms. The summed E-state index contributed by atoms with van der Waals surface area (Å²) >= 11 is 0. The van der Waals surface area contributed by atoms with Gasteiger partial charge in [0.15, 0.2) is 5.65 Å². The van der Waals surface area contributed by atoms with Crippen molar-refractivity contribution >= 4 is 11.0 Å². The van der Waals surface area contributed by atoms with Crippen LogP contribution in [-0.4, -0.2) is 32.8 Å². The molecule has 1 fully saturated rings. The van der Waals surface area contributed by atoms with E-state index < -0.39 is 0 Å². The molecule has 2 heterocycles. The first-order valence-corrected chi connectivity index (χ1v) is 8.13. The van der Waals surface area contributed by atoms with Crippen molar-refractivity contribution < 1.29 is 0 Å². The Morgan fingerprint density at radius 2 is 1.95 bits per heavy atom. The fraction of sp³-hybridized carbons (Fsp3) is 0.647. The van der Waals surface area contributed by atoms with Crippen LogP contribution >= 0.6 is 0 Å². The molecule has 0 atom stereocenters. The van der Waals surface area contributed by atoms with Crippen molar-refractivity contribution in [1.82, 2.24) is 19.7 Å². The summed E-state index contributed by atoms with van der Waals surface area (Å²) in [6.45, 7) is 3.05. The average molecular weight is 286 g/mol. The standard InChI is InChI=1S/C17H26N4/c1-13-16-10-14(11-18-17(16)21(3)19-13)12-20(2)15-8-6-4-5-7-9-15/h10-11,15H,4-9,12H2,1-3H3. The monoisotopic (exact) mass is 286 g/mol. The third-order valence-electron chi connectivity index (χ3n) is 4.80. The summed E-state index contributed by atoms with van der Waals surface area (Å²) in [5.41, 5.74) is 3.35. The van der Waals surface area contributed by atoms with E-state index in [1.54, 1.807) is 0 Å². The molecule has 2 aromatic rings. The van der Waals surface area contributed by atoms with Gasteiger partial charge in [0.1, 0.15) is 0 Å². The van der Waals surface area contributed by atoms with Gasteiger partial charge < -0.3 is 0 Å². The minimum atomic E-state index is 0.734. The van der Waals surface area contributed by atoms with Crippen LogP contribution in [0.15, 0.2) is 12.3 Å². The lowest BCUT2D eigenvalue weighted by atomic mass is 10.1. The van der Waals surface area contributed by atoms with Crippen molar-refractivity contribution in [2.75, 3.05) is 7.05 Å². The van der Waals surface area contributed by atoms with Crippen molar-refractivity contribution in [1.29, 1.82) is 0 Å². The molecule has 0 radical (unpaired) electrons. The third kappa shape index (κ3) is 3.10. The van der Waals surface area contributed by atoms with Gasteiger partial charge in [-0.3, -0.25) is 9.58 Å². The molecule has 114 valence electrons. The number of aromatic nitrogens is 3. The largest absolute Gasteiger partial charge is 0.299 e. The van der Waals surface area contributed by atoms with Gasteiger partial charge in [0, 0.05) is 31.2 Å². The molecule has 0 aromatic carbocycles. The number of rotatable bonds is 3. The third-order valence-corrected chi connectivity index (χ3v) is 4.80. The zero-order valence-electron chi connectivity index (χ0n) is 13.5. The maximum absolute atomic E-state index is 4.59. The number of aryl methyl sites for hydroxylation is 2. The van der Waals surface area contributed by atoms with E-state index in [9.17, 15) is 0 Å². The molecule has 0 saturated heterocycles. The Balaban J connectivity index is 1.76. The summed E-state index contributed by atoms with van der Waals surface area (Å²) in [7, 11) is 4.22. The van der Waals surface area contributed by atoms with Crippen molar-refractivity contribution in [3.63, 3.8) is 0 Å². The van der Waals surface area contributed by atoms with Crippen LogP contribution < -0.4 is 0 Å². The highest BCUT2D eigenvalue weighted by Crippen LogP contribution is 2.23. The van der Waals surface area contributed by atoms with Gasteiger partial charge in [-0.2, -0.15) is 5.10 Å². The molecule has 0 bridgehead atoms. The van der Waals surface area contributed by atoms with E-state index in [1.807, 2.05) is 17.9 Å². The van der Waals surface area contributed by atoms with Crippen LogP contribution in [0.3, 0.4) is 0 Å². The number of hydrogen-bond donors (Lipinski definition) is 0. The Morgan fingerprint density at radius 3 is 2.67 bits per heavy atom. The van der Waals surface area contributed by atoms with E-state index in [1.165, 1.54) is 49.5 Å². The second-order valence-corrected chi connectivity index (χ2v) is 6.48. The minimum absolute atomic E-state index is 0.734. The molecule has 1 saturated carbocycles. The van der Waals surface area contributed by atoms with Crippen LogP contribution in [0.1, 0.15) is 49.8 Å². The highest BCUT2D eigenvalue weighted by molar-refractivity contribution is 5.78. The van der Waals surface area contributed by atoms with Crippen LogP contribution in [0.2, 0.25) is 0 Å². The highest BCUT2D eigenvalue weighted by Gasteiger charge is 2.17. The highest BCUT2D eigenvalue weighted by atomic mass is 15.3. The average Bonchev–Trinajstić information content (AvgIpc) is 2.68. The van der Waals surface area contributed by atoms with Gasteiger partial charge in [0.2, 0.25) is 0 Å². The van der Waals surface area contributed by atoms with Crippen LogP contribution in [0.4, 0.5) is 0 Å². The first-order chi connectivity index (χ1) is 10.1. The maximum atomic E-state index is 4.59. The number of nitrogens with zero attached hydrogens (tertiary/aromatic N) is 4. The van der Waals surface area contributed by atoms with Crippen LogP contribution in [0.5, 0.6) is 0 Å². The lowest BCUT2D eigenvalue weighted by Gasteiger charge is -2.27. The molecule has 1 aliphatic carbocycles. The molecule has 4 nitrogen and oxygen atoms in total. The van der Waals surface area contributed by atoms with Gasteiger partial charge in [-0.15, -0.1) is 0 Å². The van der Waals surface area contributed by atoms with Gasteiger partial charge in [-0.1, -0.05) is 25.7 Å². The lowest BCUT2D eigenvalue weighted by molar-refractivity contribution is 0.213. The Morgan fingerprint density at radius 1 is 1.24 bits per heavy atom. The van der Waals surface area contributed by atoms with Crippen molar-refractivity contribution in [3.05, 3.63) is 23.5 Å². The smallest absolute Gasteiger partial charge is 0.157 e. The first kappa shape index (κ1) is 14.5.